The Morgan fingerprint density at radius 1 is 1.12 bits per heavy atom. The van der Waals surface area contributed by atoms with Crippen molar-refractivity contribution in [2.45, 2.75) is 38.2 Å². The van der Waals surface area contributed by atoms with Crippen LogP contribution in [0.4, 0.5) is 0 Å². The first-order valence-corrected chi connectivity index (χ1v) is 9.41. The Balaban J connectivity index is 1.41. The maximum atomic E-state index is 5.84. The second-order valence-electron chi connectivity index (χ2n) is 7.22. The molecule has 2 aliphatic rings. The molecule has 1 aliphatic heterocycles. The number of methoxy groups -OCH3 is 1. The summed E-state index contributed by atoms with van der Waals surface area (Å²) in [5, 5.41) is 0. The van der Waals surface area contributed by atoms with Gasteiger partial charge in [0, 0.05) is 0 Å². The zero-order valence-corrected chi connectivity index (χ0v) is 15.5. The van der Waals surface area contributed by atoms with Crippen molar-refractivity contribution in [2.24, 2.45) is 0 Å². The van der Waals surface area contributed by atoms with Crippen molar-refractivity contribution in [1.82, 2.24) is 0 Å². The van der Waals surface area contributed by atoms with Crippen LogP contribution >= 0.6 is 0 Å². The lowest BCUT2D eigenvalue weighted by Crippen LogP contribution is -2.06. The van der Waals surface area contributed by atoms with Crippen LogP contribution in [0.25, 0.3) is 5.57 Å². The van der Waals surface area contributed by atoms with Crippen molar-refractivity contribution in [3.63, 3.8) is 0 Å². The van der Waals surface area contributed by atoms with E-state index in [0.717, 1.165) is 30.9 Å². The van der Waals surface area contributed by atoms with Crippen LogP contribution in [0.5, 0.6) is 11.5 Å². The molecule has 3 heteroatoms. The van der Waals surface area contributed by atoms with Crippen LogP contribution in [-0.4, -0.2) is 26.4 Å². The highest BCUT2D eigenvalue weighted by atomic mass is 16.6. The van der Waals surface area contributed by atoms with Gasteiger partial charge in [0.25, 0.3) is 0 Å². The lowest BCUT2D eigenvalue weighted by Gasteiger charge is -2.23. The number of epoxide rings is 1. The van der Waals surface area contributed by atoms with Crippen molar-refractivity contribution in [3.05, 3.63) is 65.2 Å². The fraction of sp³-hybridized carbons (Fsp3) is 0.391. The monoisotopic (exact) mass is 350 g/mol. The molecule has 26 heavy (non-hydrogen) atoms. The SMILES string of the molecule is COc1ccc(C2CC=C(c3ccc(OCC4CO4)c(C)c3)CC2)cc1. The molecule has 0 spiro atoms. The molecule has 2 unspecified atom stereocenters. The highest BCUT2D eigenvalue weighted by molar-refractivity contribution is 5.68. The van der Waals surface area contributed by atoms with Crippen LogP contribution in [0.3, 0.4) is 0 Å². The molecule has 0 amide bonds. The first kappa shape index (κ1) is 17.2. The van der Waals surface area contributed by atoms with Crippen LogP contribution in [0.15, 0.2) is 48.5 Å². The van der Waals surface area contributed by atoms with Crippen LogP contribution in [0, 0.1) is 6.92 Å². The topological polar surface area (TPSA) is 31.0 Å². The van der Waals surface area contributed by atoms with Crippen molar-refractivity contribution in [3.8, 4) is 11.5 Å². The molecule has 2 atom stereocenters. The first-order chi connectivity index (χ1) is 12.7. The quantitative estimate of drug-likeness (QED) is 0.677. The summed E-state index contributed by atoms with van der Waals surface area (Å²) in [6, 6.07) is 15.1. The standard InChI is InChI=1S/C23H26O3/c1-16-13-20(9-12-23(16)26-15-22-14-25-22)19-5-3-17(4-6-19)18-7-10-21(24-2)11-8-18/h5,7-13,17,22H,3-4,6,14-15H2,1-2H3. The molecule has 3 nitrogen and oxygen atoms in total. The summed E-state index contributed by atoms with van der Waals surface area (Å²) in [6.07, 6.45) is 6.11. The molecule has 0 saturated carbocycles. The molecule has 0 radical (unpaired) electrons. The van der Waals surface area contributed by atoms with Gasteiger partial charge in [-0.25, -0.2) is 0 Å². The number of aryl methyl sites for hydroxylation is 1. The van der Waals surface area contributed by atoms with Gasteiger partial charge in [0.1, 0.15) is 24.2 Å². The van der Waals surface area contributed by atoms with Crippen molar-refractivity contribution in [1.29, 1.82) is 0 Å². The van der Waals surface area contributed by atoms with E-state index in [0.29, 0.717) is 18.6 Å². The third kappa shape index (κ3) is 3.94. The van der Waals surface area contributed by atoms with E-state index in [1.54, 1.807) is 7.11 Å². The van der Waals surface area contributed by atoms with E-state index in [2.05, 4.69) is 55.5 Å². The molecule has 2 aromatic rings. The first-order valence-electron chi connectivity index (χ1n) is 9.41. The van der Waals surface area contributed by atoms with Gasteiger partial charge < -0.3 is 14.2 Å². The second-order valence-corrected chi connectivity index (χ2v) is 7.22. The Labute approximate surface area is 155 Å². The molecular formula is C23H26O3. The number of hydrogen-bond acceptors (Lipinski definition) is 3. The molecule has 0 aromatic heterocycles. The molecule has 0 N–H and O–H groups in total. The average molecular weight is 350 g/mol. The largest absolute Gasteiger partial charge is 0.497 e. The van der Waals surface area contributed by atoms with E-state index in [1.165, 1.54) is 28.7 Å². The van der Waals surface area contributed by atoms with Crippen molar-refractivity contribution >= 4 is 5.57 Å². The van der Waals surface area contributed by atoms with E-state index in [1.807, 2.05) is 0 Å². The molecule has 1 saturated heterocycles. The van der Waals surface area contributed by atoms with E-state index in [4.69, 9.17) is 14.2 Å². The second kappa shape index (κ2) is 7.55. The molecule has 1 aliphatic carbocycles. The molecule has 1 heterocycles. The lowest BCUT2D eigenvalue weighted by atomic mass is 9.82. The van der Waals surface area contributed by atoms with Crippen LogP contribution in [-0.2, 0) is 4.74 Å². The highest BCUT2D eigenvalue weighted by Crippen LogP contribution is 2.37. The zero-order chi connectivity index (χ0) is 17.9. The Bertz CT molecular complexity index is 788. The maximum absolute atomic E-state index is 5.84. The molecule has 136 valence electrons. The molecule has 4 rings (SSSR count). The summed E-state index contributed by atoms with van der Waals surface area (Å²) in [5.74, 6) is 2.50. The fourth-order valence-electron chi connectivity index (χ4n) is 3.63. The van der Waals surface area contributed by atoms with E-state index < -0.39 is 0 Å². The Morgan fingerprint density at radius 2 is 1.92 bits per heavy atom. The average Bonchev–Trinajstić information content (AvgIpc) is 3.52. The predicted octanol–water partition coefficient (Wildman–Crippen LogP) is 5.13. The van der Waals surface area contributed by atoms with Gasteiger partial charge in [-0.05, 0) is 78.6 Å². The minimum atomic E-state index is 0.296. The fourth-order valence-corrected chi connectivity index (χ4v) is 3.63. The summed E-state index contributed by atoms with van der Waals surface area (Å²) in [7, 11) is 1.71. The normalized spacial score (nSPS) is 21.8. The lowest BCUT2D eigenvalue weighted by molar-refractivity contribution is 0.262. The van der Waals surface area contributed by atoms with Crippen LogP contribution in [0.2, 0.25) is 0 Å². The minimum absolute atomic E-state index is 0.296. The summed E-state index contributed by atoms with van der Waals surface area (Å²) in [6.45, 7) is 3.61. The van der Waals surface area contributed by atoms with Gasteiger partial charge in [-0.1, -0.05) is 24.3 Å². The Kier molecular flexibility index (Phi) is 4.98. The number of ether oxygens (including phenoxy) is 3. The minimum Gasteiger partial charge on any atom is -0.497 e. The van der Waals surface area contributed by atoms with E-state index >= 15 is 0 Å². The number of allylic oxidation sites excluding steroid dienone is 2. The summed E-state index contributed by atoms with van der Waals surface area (Å²) < 4.78 is 16.3. The Morgan fingerprint density at radius 3 is 2.54 bits per heavy atom. The van der Waals surface area contributed by atoms with Gasteiger partial charge in [0.15, 0.2) is 0 Å². The van der Waals surface area contributed by atoms with Gasteiger partial charge in [-0.2, -0.15) is 0 Å². The maximum Gasteiger partial charge on any atom is 0.122 e. The number of hydrogen-bond donors (Lipinski definition) is 0. The van der Waals surface area contributed by atoms with Gasteiger partial charge in [0.05, 0.1) is 13.7 Å². The molecule has 1 fully saturated rings. The molecular weight excluding hydrogens is 324 g/mol. The van der Waals surface area contributed by atoms with E-state index in [-0.39, 0.29) is 0 Å². The molecule has 0 bridgehead atoms. The number of rotatable bonds is 6. The van der Waals surface area contributed by atoms with Gasteiger partial charge in [-0.3, -0.25) is 0 Å². The number of benzene rings is 2. The Hall–Kier alpha value is -2.26. The van der Waals surface area contributed by atoms with Crippen LogP contribution in [0.1, 0.15) is 41.9 Å². The molecule has 2 aromatic carbocycles. The van der Waals surface area contributed by atoms with Gasteiger partial charge >= 0.3 is 0 Å². The third-order valence-electron chi connectivity index (χ3n) is 5.37. The summed E-state index contributed by atoms with van der Waals surface area (Å²) in [5.41, 5.74) is 5.38. The van der Waals surface area contributed by atoms with E-state index in [9.17, 15) is 0 Å². The predicted molar refractivity (Wildman–Crippen MR) is 104 cm³/mol. The van der Waals surface area contributed by atoms with Crippen molar-refractivity contribution < 1.29 is 14.2 Å². The van der Waals surface area contributed by atoms with Gasteiger partial charge in [-0.15, -0.1) is 0 Å². The zero-order valence-electron chi connectivity index (χ0n) is 15.5. The summed E-state index contributed by atoms with van der Waals surface area (Å²) >= 11 is 0. The third-order valence-corrected chi connectivity index (χ3v) is 5.37. The summed E-state index contributed by atoms with van der Waals surface area (Å²) in [4.78, 5) is 0. The smallest absolute Gasteiger partial charge is 0.122 e. The van der Waals surface area contributed by atoms with Crippen LogP contribution < -0.4 is 9.47 Å². The highest BCUT2D eigenvalue weighted by Gasteiger charge is 2.23. The van der Waals surface area contributed by atoms with Gasteiger partial charge in [0.2, 0.25) is 0 Å². The van der Waals surface area contributed by atoms with Crippen molar-refractivity contribution in [2.75, 3.05) is 20.3 Å².